The number of sulfonamides is 1. The van der Waals surface area contributed by atoms with E-state index in [9.17, 15) is 17.6 Å². The third-order valence-corrected chi connectivity index (χ3v) is 5.25. The second kappa shape index (κ2) is 7.81. The van der Waals surface area contributed by atoms with E-state index in [1.54, 1.807) is 19.1 Å². The number of esters is 1. The summed E-state index contributed by atoms with van der Waals surface area (Å²) in [6.45, 7) is 3.59. The van der Waals surface area contributed by atoms with Crippen LogP contribution in [0.1, 0.15) is 22.8 Å². The molecule has 0 aliphatic carbocycles. The number of nitrogens with zero attached hydrogens (tertiary/aromatic N) is 2. The zero-order chi connectivity index (χ0) is 20.3. The van der Waals surface area contributed by atoms with Crippen molar-refractivity contribution in [1.82, 2.24) is 9.78 Å². The van der Waals surface area contributed by atoms with Gasteiger partial charge < -0.3 is 4.74 Å². The largest absolute Gasteiger partial charge is 0.462 e. The maximum atomic E-state index is 13.2. The summed E-state index contributed by atoms with van der Waals surface area (Å²) in [6.07, 6.45) is 1.20. The van der Waals surface area contributed by atoms with Crippen molar-refractivity contribution in [3.05, 3.63) is 71.7 Å². The van der Waals surface area contributed by atoms with E-state index in [-0.39, 0.29) is 22.9 Å². The van der Waals surface area contributed by atoms with Gasteiger partial charge in [0.2, 0.25) is 0 Å². The number of hydrogen-bond donors (Lipinski definition) is 1. The first kappa shape index (κ1) is 19.6. The van der Waals surface area contributed by atoms with E-state index in [1.807, 2.05) is 6.92 Å². The van der Waals surface area contributed by atoms with Crippen molar-refractivity contribution < 1.29 is 22.3 Å². The molecule has 0 saturated heterocycles. The molecule has 1 heterocycles. The Labute approximate surface area is 161 Å². The minimum Gasteiger partial charge on any atom is -0.462 e. The first-order chi connectivity index (χ1) is 13.3. The lowest BCUT2D eigenvalue weighted by Gasteiger charge is -2.13. The molecule has 3 aromatic rings. The molecule has 0 radical (unpaired) electrons. The number of aromatic nitrogens is 2. The zero-order valence-corrected chi connectivity index (χ0v) is 16.0. The van der Waals surface area contributed by atoms with Crippen LogP contribution in [-0.2, 0) is 14.8 Å². The number of aryl methyl sites for hydroxylation is 1. The Morgan fingerprint density at radius 1 is 1.14 bits per heavy atom. The molecular formula is C19H18FN3O4S. The second-order valence-corrected chi connectivity index (χ2v) is 7.62. The van der Waals surface area contributed by atoms with Crippen LogP contribution < -0.4 is 4.72 Å². The van der Waals surface area contributed by atoms with Crippen LogP contribution in [0.4, 0.5) is 10.2 Å². The van der Waals surface area contributed by atoms with Gasteiger partial charge in [-0.25, -0.2) is 22.3 Å². The van der Waals surface area contributed by atoms with Gasteiger partial charge in [-0.1, -0.05) is 17.7 Å². The smallest absolute Gasteiger partial charge is 0.343 e. The number of anilines is 1. The van der Waals surface area contributed by atoms with Crippen LogP contribution in [0.15, 0.2) is 59.6 Å². The number of carbonyl (C=O) groups is 1. The van der Waals surface area contributed by atoms with Crippen molar-refractivity contribution in [1.29, 1.82) is 0 Å². The van der Waals surface area contributed by atoms with Gasteiger partial charge in [-0.3, -0.25) is 4.72 Å². The van der Waals surface area contributed by atoms with Crippen LogP contribution in [0, 0.1) is 12.7 Å². The number of nitrogens with one attached hydrogen (secondary N) is 1. The van der Waals surface area contributed by atoms with Gasteiger partial charge >= 0.3 is 5.97 Å². The molecule has 0 amide bonds. The van der Waals surface area contributed by atoms with Crippen LogP contribution in [0.5, 0.6) is 0 Å². The van der Waals surface area contributed by atoms with Crippen LogP contribution in [0.3, 0.4) is 0 Å². The van der Waals surface area contributed by atoms with Crippen molar-refractivity contribution in [2.24, 2.45) is 0 Å². The molecule has 0 aliphatic rings. The topological polar surface area (TPSA) is 90.3 Å². The van der Waals surface area contributed by atoms with E-state index in [4.69, 9.17) is 4.74 Å². The summed E-state index contributed by atoms with van der Waals surface area (Å²) in [7, 11) is -4.00. The van der Waals surface area contributed by atoms with Gasteiger partial charge in [-0.2, -0.15) is 5.10 Å². The van der Waals surface area contributed by atoms with Crippen molar-refractivity contribution in [2.75, 3.05) is 11.3 Å². The molecule has 28 heavy (non-hydrogen) atoms. The molecule has 3 rings (SSSR count). The van der Waals surface area contributed by atoms with Gasteiger partial charge in [-0.05, 0) is 50.2 Å². The Bertz CT molecular complexity index is 1090. The highest BCUT2D eigenvalue weighted by atomic mass is 32.2. The number of carbonyl (C=O) groups excluding carboxylic acids is 1. The van der Waals surface area contributed by atoms with Crippen LogP contribution >= 0.6 is 0 Å². The summed E-state index contributed by atoms with van der Waals surface area (Å²) in [5, 5.41) is 4.08. The summed E-state index contributed by atoms with van der Waals surface area (Å²) >= 11 is 0. The third-order valence-electron chi connectivity index (χ3n) is 3.90. The third kappa shape index (κ3) is 4.04. The Hall–Kier alpha value is -3.20. The summed E-state index contributed by atoms with van der Waals surface area (Å²) in [5.74, 6) is -1.27. The normalized spacial score (nSPS) is 11.2. The van der Waals surface area contributed by atoms with Crippen LogP contribution in [0.2, 0.25) is 0 Å². The van der Waals surface area contributed by atoms with E-state index < -0.39 is 21.8 Å². The fourth-order valence-electron chi connectivity index (χ4n) is 2.49. The molecule has 1 aromatic heterocycles. The Morgan fingerprint density at radius 3 is 2.39 bits per heavy atom. The highest BCUT2D eigenvalue weighted by Gasteiger charge is 2.25. The van der Waals surface area contributed by atoms with Gasteiger partial charge in [0.1, 0.15) is 11.4 Å². The standard InChI is InChI=1S/C19H18FN3O4S/c1-3-27-19(24)17-12-21-23(15-8-6-14(20)7-9-15)18(17)22-28(25,26)16-10-4-13(2)5-11-16/h4-12,22H,3H2,1-2H3. The second-order valence-electron chi connectivity index (χ2n) is 5.93. The van der Waals surface area contributed by atoms with Crippen molar-refractivity contribution >= 4 is 21.8 Å². The predicted molar refractivity (Wildman–Crippen MR) is 101 cm³/mol. The number of ether oxygens (including phenoxy) is 1. The molecule has 9 heteroatoms. The van der Waals surface area contributed by atoms with Crippen LogP contribution in [-0.4, -0.2) is 30.8 Å². The van der Waals surface area contributed by atoms with E-state index in [2.05, 4.69) is 9.82 Å². The fourth-order valence-corrected chi connectivity index (χ4v) is 3.55. The SMILES string of the molecule is CCOC(=O)c1cnn(-c2ccc(F)cc2)c1NS(=O)(=O)c1ccc(C)cc1. The lowest BCUT2D eigenvalue weighted by molar-refractivity contribution is 0.0527. The number of benzene rings is 2. The van der Waals surface area contributed by atoms with Gasteiger partial charge in [0.05, 0.1) is 23.4 Å². The lowest BCUT2D eigenvalue weighted by Crippen LogP contribution is -2.18. The van der Waals surface area contributed by atoms with Gasteiger partial charge in [0.15, 0.2) is 5.82 Å². The van der Waals surface area contributed by atoms with Gasteiger partial charge in [0, 0.05) is 0 Å². The highest BCUT2D eigenvalue weighted by molar-refractivity contribution is 7.92. The summed E-state index contributed by atoms with van der Waals surface area (Å²) in [4.78, 5) is 12.3. The molecule has 0 spiro atoms. The predicted octanol–water partition coefficient (Wildman–Crippen LogP) is 3.30. The molecule has 2 aromatic carbocycles. The highest BCUT2D eigenvalue weighted by Crippen LogP contribution is 2.25. The number of halogens is 1. The average Bonchev–Trinajstić information content (AvgIpc) is 3.06. The van der Waals surface area contributed by atoms with Gasteiger partial charge in [0.25, 0.3) is 10.0 Å². The summed E-state index contributed by atoms with van der Waals surface area (Å²) in [5.41, 5.74) is 1.22. The molecule has 0 unspecified atom stereocenters. The van der Waals surface area contributed by atoms with E-state index in [0.29, 0.717) is 5.69 Å². The van der Waals surface area contributed by atoms with Crippen molar-refractivity contribution in [3.8, 4) is 5.69 Å². The van der Waals surface area contributed by atoms with Crippen LogP contribution in [0.25, 0.3) is 5.69 Å². The van der Waals surface area contributed by atoms with E-state index in [1.165, 1.54) is 47.3 Å². The summed E-state index contributed by atoms with van der Waals surface area (Å²) < 4.78 is 47.5. The first-order valence-electron chi connectivity index (χ1n) is 8.42. The van der Waals surface area contributed by atoms with E-state index in [0.717, 1.165) is 5.56 Å². The molecule has 7 nitrogen and oxygen atoms in total. The molecule has 1 N–H and O–H groups in total. The Kier molecular flexibility index (Phi) is 5.46. The maximum absolute atomic E-state index is 13.2. The zero-order valence-electron chi connectivity index (χ0n) is 15.2. The first-order valence-corrected chi connectivity index (χ1v) is 9.90. The molecule has 0 atom stereocenters. The quantitative estimate of drug-likeness (QED) is 0.638. The summed E-state index contributed by atoms with van der Waals surface area (Å²) in [6, 6.07) is 11.5. The molecular weight excluding hydrogens is 385 g/mol. The monoisotopic (exact) mass is 403 g/mol. The molecule has 0 aliphatic heterocycles. The maximum Gasteiger partial charge on any atom is 0.343 e. The molecule has 0 bridgehead atoms. The lowest BCUT2D eigenvalue weighted by atomic mass is 10.2. The molecule has 0 fully saturated rings. The molecule has 0 saturated carbocycles. The Morgan fingerprint density at radius 2 is 1.79 bits per heavy atom. The number of rotatable bonds is 6. The van der Waals surface area contributed by atoms with Crippen molar-refractivity contribution in [2.45, 2.75) is 18.7 Å². The molecule has 146 valence electrons. The minimum atomic E-state index is -4.00. The minimum absolute atomic E-state index is 0.0276. The van der Waals surface area contributed by atoms with E-state index >= 15 is 0 Å². The van der Waals surface area contributed by atoms with Gasteiger partial charge in [-0.15, -0.1) is 0 Å². The van der Waals surface area contributed by atoms with Crippen molar-refractivity contribution in [3.63, 3.8) is 0 Å². The average molecular weight is 403 g/mol. The fraction of sp³-hybridized carbons (Fsp3) is 0.158. The Balaban J connectivity index is 2.08. The number of hydrogen-bond acceptors (Lipinski definition) is 5.